The molecule has 2 N–H and O–H groups in total. The van der Waals surface area contributed by atoms with Crippen molar-refractivity contribution in [3.63, 3.8) is 0 Å². The van der Waals surface area contributed by atoms with E-state index < -0.39 is 17.7 Å². The lowest BCUT2D eigenvalue weighted by atomic mass is 10.00. The summed E-state index contributed by atoms with van der Waals surface area (Å²) in [6, 6.07) is 21.4. The molecule has 2 aromatic heterocycles. The van der Waals surface area contributed by atoms with Gasteiger partial charge in [-0.3, -0.25) is 4.98 Å². The fourth-order valence-corrected chi connectivity index (χ4v) is 5.64. The molecule has 3 aromatic carbocycles. The van der Waals surface area contributed by atoms with Gasteiger partial charge in [0.05, 0.1) is 42.0 Å². The summed E-state index contributed by atoms with van der Waals surface area (Å²) in [5.74, 6) is 0. The number of nitrogens with one attached hydrogen (secondary N) is 2. The zero-order valence-corrected chi connectivity index (χ0v) is 24.7. The zero-order valence-electron chi connectivity index (χ0n) is 24.9. The fourth-order valence-electron chi connectivity index (χ4n) is 5.41. The smallest absolute Gasteiger partial charge is 0.377 e. The van der Waals surface area contributed by atoms with E-state index in [1.165, 1.54) is 12.3 Å². The average Bonchev–Trinajstić information content (AvgIpc) is 3.73. The van der Waals surface area contributed by atoms with Gasteiger partial charge in [-0.15, -0.1) is 5.10 Å². The van der Waals surface area contributed by atoms with Crippen LogP contribution in [-0.2, 0) is 5.54 Å². The van der Waals surface area contributed by atoms with E-state index in [2.05, 4.69) is 38.1 Å². The van der Waals surface area contributed by atoms with Crippen molar-refractivity contribution in [3.8, 4) is 12.1 Å². The second-order valence-electron chi connectivity index (χ2n) is 10.8. The Morgan fingerprint density at radius 1 is 1.04 bits per heavy atom. The van der Waals surface area contributed by atoms with Crippen molar-refractivity contribution >= 4 is 33.9 Å². The SMILES string of the molecule is [2H]C(Nc1cc(C#N)c2ncc(C#N)c(N[C@H](CC)c3ccccc3)c2c1)(c1cn(C2(C(F)(F)F)CC2)nn1)c1ccccc1Cl. The van der Waals surface area contributed by atoms with Gasteiger partial charge < -0.3 is 10.6 Å². The largest absolute Gasteiger partial charge is 0.413 e. The summed E-state index contributed by atoms with van der Waals surface area (Å²) in [6.45, 7) is 2.00. The van der Waals surface area contributed by atoms with E-state index in [1.807, 2.05) is 37.3 Å². The Kier molecular flexibility index (Phi) is 7.48. The highest BCUT2D eigenvalue weighted by Gasteiger charge is 2.66. The van der Waals surface area contributed by atoms with Crippen molar-refractivity contribution in [2.45, 2.75) is 50.0 Å². The lowest BCUT2D eigenvalue weighted by Gasteiger charge is -2.23. The fraction of sp³-hybridized carbons (Fsp3) is 0.242. The minimum atomic E-state index is -4.55. The summed E-state index contributed by atoms with van der Waals surface area (Å²) in [7, 11) is 0. The van der Waals surface area contributed by atoms with Crippen LogP contribution in [0.25, 0.3) is 10.9 Å². The van der Waals surface area contributed by atoms with Gasteiger partial charge in [0.15, 0.2) is 5.54 Å². The predicted octanol–water partition coefficient (Wildman–Crippen LogP) is 8.04. The summed E-state index contributed by atoms with van der Waals surface area (Å²) in [6.07, 6.45) is -1.65. The highest BCUT2D eigenvalue weighted by Crippen LogP contribution is 2.55. The average molecular weight is 628 g/mol. The number of hydrogen-bond donors (Lipinski definition) is 2. The molecule has 1 fully saturated rings. The molecule has 0 spiro atoms. The van der Waals surface area contributed by atoms with Crippen molar-refractivity contribution in [2.24, 2.45) is 0 Å². The number of nitriles is 2. The van der Waals surface area contributed by atoms with Crippen LogP contribution in [0, 0.1) is 22.7 Å². The maximum absolute atomic E-state index is 13.9. The molecule has 5 aromatic rings. The molecule has 12 heteroatoms. The van der Waals surface area contributed by atoms with Gasteiger partial charge in [-0.1, -0.05) is 72.3 Å². The van der Waals surface area contributed by atoms with Crippen LogP contribution >= 0.6 is 11.6 Å². The van der Waals surface area contributed by atoms with Gasteiger partial charge >= 0.3 is 6.18 Å². The highest BCUT2D eigenvalue weighted by molar-refractivity contribution is 6.31. The molecule has 226 valence electrons. The van der Waals surface area contributed by atoms with E-state index in [9.17, 15) is 25.1 Å². The number of anilines is 2. The molecule has 2 atom stereocenters. The van der Waals surface area contributed by atoms with Crippen molar-refractivity contribution in [2.75, 3.05) is 10.6 Å². The second kappa shape index (κ2) is 11.8. The van der Waals surface area contributed by atoms with Gasteiger partial charge in [0.2, 0.25) is 0 Å². The van der Waals surface area contributed by atoms with E-state index in [0.717, 1.165) is 16.4 Å². The van der Waals surface area contributed by atoms with Crippen molar-refractivity contribution in [1.29, 1.82) is 10.5 Å². The molecule has 8 nitrogen and oxygen atoms in total. The molecule has 0 aliphatic heterocycles. The number of rotatable bonds is 9. The quantitative estimate of drug-likeness (QED) is 0.170. The third-order valence-corrected chi connectivity index (χ3v) is 8.32. The van der Waals surface area contributed by atoms with Crippen molar-refractivity contribution in [3.05, 3.63) is 112 Å². The minimum absolute atomic E-state index is 0.132. The van der Waals surface area contributed by atoms with E-state index in [-0.39, 0.29) is 52.0 Å². The molecule has 0 radical (unpaired) electrons. The third kappa shape index (κ3) is 5.52. The zero-order chi connectivity index (χ0) is 32.7. The minimum Gasteiger partial charge on any atom is -0.377 e. The van der Waals surface area contributed by atoms with Crippen molar-refractivity contribution in [1.82, 2.24) is 20.0 Å². The summed E-state index contributed by atoms with van der Waals surface area (Å²) < 4.78 is 52.2. The van der Waals surface area contributed by atoms with Gasteiger partial charge in [-0.25, -0.2) is 4.68 Å². The molecule has 1 saturated carbocycles. The number of fused-ring (bicyclic) bond motifs is 1. The molecule has 1 aliphatic carbocycles. The lowest BCUT2D eigenvalue weighted by Crippen LogP contribution is -2.35. The first-order valence-electron chi connectivity index (χ1n) is 14.7. The Morgan fingerprint density at radius 2 is 1.76 bits per heavy atom. The maximum atomic E-state index is 13.9. The number of halogens is 4. The first-order chi connectivity index (χ1) is 22.0. The number of nitrogens with zero attached hydrogens (tertiary/aromatic N) is 6. The number of aromatic nitrogens is 4. The third-order valence-electron chi connectivity index (χ3n) is 7.99. The monoisotopic (exact) mass is 627 g/mol. The second-order valence-corrected chi connectivity index (χ2v) is 11.2. The first-order valence-corrected chi connectivity index (χ1v) is 14.5. The van der Waals surface area contributed by atoms with E-state index in [4.69, 9.17) is 11.6 Å². The number of hydrogen-bond acceptors (Lipinski definition) is 7. The Bertz CT molecular complexity index is 2010. The molecule has 45 heavy (non-hydrogen) atoms. The Labute approximate surface area is 263 Å². The predicted molar refractivity (Wildman–Crippen MR) is 164 cm³/mol. The number of alkyl halides is 3. The Balaban J connectivity index is 1.50. The van der Waals surface area contributed by atoms with Crippen LogP contribution < -0.4 is 10.6 Å². The molecule has 0 saturated heterocycles. The standard InChI is InChI=1S/C33H26ClF3N8/c1-2-27(20-8-4-3-5-9-20)42-30-22(17-39)18-40-29-21(16-38)14-23(15-25(29)30)41-31(24-10-6-7-11-26(24)34)28-19-45(44-43-28)32(12-13-32)33(35,36)37/h3-11,14-15,18-19,27,31,41H,2,12-13H2,1H3,(H,40,42)/t27-,31?/m1/s1/i31D. The van der Waals surface area contributed by atoms with E-state index in [0.29, 0.717) is 23.0 Å². The topological polar surface area (TPSA) is 115 Å². The van der Waals surface area contributed by atoms with E-state index in [1.54, 1.807) is 30.3 Å². The van der Waals surface area contributed by atoms with Crippen LogP contribution in [0.5, 0.6) is 0 Å². The van der Waals surface area contributed by atoms with Crippen LogP contribution in [0.15, 0.2) is 79.1 Å². The number of benzene rings is 3. The van der Waals surface area contributed by atoms with Crippen LogP contribution in [-0.4, -0.2) is 26.2 Å². The molecular weight excluding hydrogens is 601 g/mol. The molecule has 2 heterocycles. The van der Waals surface area contributed by atoms with Crippen LogP contribution in [0.1, 0.15) is 67.6 Å². The first kappa shape index (κ1) is 28.6. The van der Waals surface area contributed by atoms with Crippen molar-refractivity contribution < 1.29 is 14.5 Å². The number of pyridine rings is 1. The molecule has 1 aliphatic rings. The molecule has 0 amide bonds. The van der Waals surface area contributed by atoms with Gasteiger partial charge in [0.25, 0.3) is 0 Å². The summed E-state index contributed by atoms with van der Waals surface area (Å²) in [4.78, 5) is 4.40. The summed E-state index contributed by atoms with van der Waals surface area (Å²) in [5, 5.41) is 35.1. The highest BCUT2D eigenvalue weighted by atomic mass is 35.5. The van der Waals surface area contributed by atoms with Crippen LogP contribution in [0.2, 0.25) is 5.02 Å². The van der Waals surface area contributed by atoms with Gasteiger partial charge in [0.1, 0.15) is 17.8 Å². The Hall–Kier alpha value is -5.13. The molecule has 1 unspecified atom stereocenters. The molecular formula is C33H26ClF3N8. The van der Waals surface area contributed by atoms with Crippen LogP contribution in [0.4, 0.5) is 24.5 Å². The van der Waals surface area contributed by atoms with Gasteiger partial charge in [-0.2, -0.15) is 23.7 Å². The summed E-state index contributed by atoms with van der Waals surface area (Å²) >= 11 is 6.55. The van der Waals surface area contributed by atoms with Crippen LogP contribution in [0.3, 0.4) is 0 Å². The lowest BCUT2D eigenvalue weighted by molar-refractivity contribution is -0.182. The maximum Gasteiger partial charge on any atom is 0.413 e. The Morgan fingerprint density at radius 3 is 2.40 bits per heavy atom. The van der Waals surface area contributed by atoms with Gasteiger partial charge in [0, 0.05) is 22.3 Å². The molecule has 0 bridgehead atoms. The summed E-state index contributed by atoms with van der Waals surface area (Å²) in [5.41, 5.74) is 0.316. The molecule has 6 rings (SSSR count). The normalized spacial score (nSPS) is 16.1. The van der Waals surface area contributed by atoms with Gasteiger partial charge in [-0.05, 0) is 48.6 Å². The van der Waals surface area contributed by atoms with E-state index >= 15 is 0 Å².